The maximum atomic E-state index is 14.8. The third-order valence-electron chi connectivity index (χ3n) is 17.9. The number of carboxylic acids is 1. The first-order chi connectivity index (χ1) is 45.4. The number of carbonyl (C=O) groups is 12. The van der Waals surface area contributed by atoms with E-state index in [1.54, 1.807) is 116 Å². The lowest BCUT2D eigenvalue weighted by atomic mass is 9.89. The van der Waals surface area contributed by atoms with Gasteiger partial charge in [0.1, 0.15) is 36.8 Å². The molecular formula is C69H105N11O16. The third kappa shape index (κ3) is 23.4. The molecule has 96 heavy (non-hydrogen) atoms. The highest BCUT2D eigenvalue weighted by Gasteiger charge is 2.44. The molecule has 12 amide bonds. The maximum Gasteiger partial charge on any atom is 0.410 e. The highest BCUT2D eigenvalue weighted by molar-refractivity contribution is 6.15. The summed E-state index contributed by atoms with van der Waals surface area (Å²) in [6.45, 7) is 18.2. The van der Waals surface area contributed by atoms with Crippen molar-refractivity contribution >= 4 is 76.9 Å². The van der Waals surface area contributed by atoms with Gasteiger partial charge in [-0.05, 0) is 92.4 Å². The van der Waals surface area contributed by atoms with E-state index in [-0.39, 0.29) is 81.4 Å². The van der Waals surface area contributed by atoms with E-state index in [0.717, 1.165) is 10.5 Å². The number of imide groups is 1. The minimum Gasteiger partial charge on any atom is -0.480 e. The Hall–Kier alpha value is -8.46. The van der Waals surface area contributed by atoms with Crippen LogP contribution in [-0.2, 0) is 75.2 Å². The molecule has 27 heteroatoms. The van der Waals surface area contributed by atoms with Gasteiger partial charge in [-0.15, -0.1) is 0 Å². The molecule has 27 nitrogen and oxygen atoms in total. The van der Waals surface area contributed by atoms with Crippen LogP contribution in [0.3, 0.4) is 0 Å². The molecule has 0 aliphatic carbocycles. The number of likely N-dealkylation sites (tertiary alicyclic amines) is 1. The van der Waals surface area contributed by atoms with Gasteiger partial charge in [0.15, 0.2) is 0 Å². The monoisotopic (exact) mass is 1340 g/mol. The molecule has 9 N–H and O–H groups in total. The van der Waals surface area contributed by atoms with Gasteiger partial charge in [0.25, 0.3) is 11.8 Å². The molecule has 0 saturated carbocycles. The number of rotatable bonds is 39. The quantitative estimate of drug-likeness (QED) is 0.0321. The number of likely N-dealkylation sites (N-methyl/N-ethyl adjacent to an activating group) is 2. The smallest absolute Gasteiger partial charge is 0.410 e. The van der Waals surface area contributed by atoms with Crippen molar-refractivity contribution in [3.05, 3.63) is 77.4 Å². The number of urea groups is 1. The first-order valence-corrected chi connectivity index (χ1v) is 33.3. The predicted molar refractivity (Wildman–Crippen MR) is 359 cm³/mol. The Morgan fingerprint density at radius 3 is 1.93 bits per heavy atom. The van der Waals surface area contributed by atoms with E-state index in [4.69, 9.17) is 19.9 Å². The van der Waals surface area contributed by atoms with E-state index in [0.29, 0.717) is 61.9 Å². The number of nitrogens with two attached hydrogens (primary N) is 1. The molecule has 0 radical (unpaired) electrons. The van der Waals surface area contributed by atoms with Crippen LogP contribution < -0.4 is 37.6 Å². The van der Waals surface area contributed by atoms with Gasteiger partial charge in [0.05, 0.1) is 36.6 Å². The van der Waals surface area contributed by atoms with Gasteiger partial charge in [-0.2, -0.15) is 0 Å². The van der Waals surface area contributed by atoms with Crippen LogP contribution in [0.25, 0.3) is 0 Å². The molecule has 0 bridgehead atoms. The number of primary amides is 1. The van der Waals surface area contributed by atoms with E-state index in [1.165, 1.54) is 37.1 Å². The molecule has 0 spiro atoms. The SMILES string of the molecule is CC[C@H](C)[C@@H]([C@@H](CC(=O)N1CCC[C@H]1[C@H](OC)[C@@H](C)C(=O)N[C@@H](Cc1ccccc1)C(=O)O)OC)N(C)C(=O)[C@@H](NC(=O)[C@H](C(C)C)N(C)C(=O)OCc1ccc(NC(=O)C(CCCNC(N)=O)NC(=O)[C@@H](NC(=O)CCCCCN2C(=O)C=C(C)C2=O)C(C)C)cc1)C(C)C. The highest BCUT2D eigenvalue weighted by Crippen LogP contribution is 2.30. The number of amides is 12. The van der Waals surface area contributed by atoms with Crippen LogP contribution >= 0.6 is 0 Å². The summed E-state index contributed by atoms with van der Waals surface area (Å²) in [5.41, 5.74) is 7.21. The molecule has 11 atom stereocenters. The Balaban J connectivity index is 1.38. The van der Waals surface area contributed by atoms with Crippen molar-refractivity contribution in [3.8, 4) is 0 Å². The molecule has 532 valence electrons. The van der Waals surface area contributed by atoms with Gasteiger partial charge in [-0.3, -0.25) is 53.0 Å². The Morgan fingerprint density at radius 2 is 1.36 bits per heavy atom. The van der Waals surface area contributed by atoms with Crippen LogP contribution in [0, 0.1) is 29.6 Å². The molecule has 0 aromatic heterocycles. The number of nitrogens with one attached hydrogen (secondary N) is 6. The number of carboxylic acid groups (broad SMARTS) is 1. The van der Waals surface area contributed by atoms with Gasteiger partial charge in [0.2, 0.25) is 41.4 Å². The van der Waals surface area contributed by atoms with Crippen LogP contribution in [0.5, 0.6) is 0 Å². The fourth-order valence-corrected chi connectivity index (χ4v) is 12.2. The average molecular weight is 1340 g/mol. The van der Waals surface area contributed by atoms with Crippen molar-refractivity contribution in [2.75, 3.05) is 53.3 Å². The number of unbranched alkanes of at least 4 members (excludes halogenated alkanes) is 2. The van der Waals surface area contributed by atoms with E-state index < -0.39 is 126 Å². The largest absolute Gasteiger partial charge is 0.480 e. The van der Waals surface area contributed by atoms with Crippen molar-refractivity contribution in [1.29, 1.82) is 0 Å². The summed E-state index contributed by atoms with van der Waals surface area (Å²) < 4.78 is 17.7. The van der Waals surface area contributed by atoms with Crippen LogP contribution in [0.15, 0.2) is 66.2 Å². The van der Waals surface area contributed by atoms with Crippen molar-refractivity contribution in [2.24, 2.45) is 35.3 Å². The second kappa shape index (κ2) is 38.9. The molecule has 2 aromatic carbocycles. The summed E-state index contributed by atoms with van der Waals surface area (Å²) in [4.78, 5) is 165. The zero-order valence-electron chi connectivity index (χ0n) is 58.4. The summed E-state index contributed by atoms with van der Waals surface area (Å²) in [5, 5.41) is 26.4. The Morgan fingerprint density at radius 1 is 0.719 bits per heavy atom. The lowest BCUT2D eigenvalue weighted by molar-refractivity contribution is -0.148. The number of benzene rings is 2. The van der Waals surface area contributed by atoms with Crippen LogP contribution in [-0.4, -0.2) is 198 Å². The fraction of sp³-hybridized carbons (Fsp3) is 0.623. The minimum atomic E-state index is -1.19. The van der Waals surface area contributed by atoms with Crippen molar-refractivity contribution in [1.82, 2.24) is 46.2 Å². The van der Waals surface area contributed by atoms with Gasteiger partial charge in [0, 0.05) is 78.1 Å². The number of nitrogens with zero attached hydrogens (tertiary/aromatic N) is 4. The Bertz CT molecular complexity index is 3020. The molecule has 2 aliphatic heterocycles. The van der Waals surface area contributed by atoms with E-state index in [9.17, 15) is 62.6 Å². The molecule has 4 rings (SSSR count). The summed E-state index contributed by atoms with van der Waals surface area (Å²) in [6, 6.07) is 7.86. The van der Waals surface area contributed by atoms with E-state index in [2.05, 4.69) is 31.9 Å². The van der Waals surface area contributed by atoms with Gasteiger partial charge in [-0.25, -0.2) is 14.4 Å². The van der Waals surface area contributed by atoms with Gasteiger partial charge in [-0.1, -0.05) is 118 Å². The lowest BCUT2D eigenvalue weighted by Crippen LogP contribution is -2.60. The number of hydrogen-bond acceptors (Lipinski definition) is 15. The van der Waals surface area contributed by atoms with Crippen molar-refractivity contribution < 1.29 is 76.9 Å². The summed E-state index contributed by atoms with van der Waals surface area (Å²) >= 11 is 0. The maximum absolute atomic E-state index is 14.8. The molecule has 1 fully saturated rings. The van der Waals surface area contributed by atoms with Crippen molar-refractivity contribution in [3.63, 3.8) is 0 Å². The van der Waals surface area contributed by atoms with E-state index >= 15 is 0 Å². The molecule has 2 heterocycles. The number of ether oxygens (including phenoxy) is 3. The number of aliphatic carboxylic acids is 1. The minimum absolute atomic E-state index is 0.0751. The zero-order valence-corrected chi connectivity index (χ0v) is 58.4. The molecule has 1 unspecified atom stereocenters. The molecule has 2 aliphatic rings. The second-order valence-electron chi connectivity index (χ2n) is 26.2. The Labute approximate surface area is 564 Å². The first kappa shape index (κ1) is 80.0. The summed E-state index contributed by atoms with van der Waals surface area (Å²) in [5.74, 6) is -7.67. The fourth-order valence-electron chi connectivity index (χ4n) is 12.2. The number of hydrogen-bond donors (Lipinski definition) is 8. The van der Waals surface area contributed by atoms with E-state index in [1.807, 2.05) is 19.9 Å². The van der Waals surface area contributed by atoms with Crippen LogP contribution in [0.2, 0.25) is 0 Å². The summed E-state index contributed by atoms with van der Waals surface area (Å²) in [6.07, 6.45) is 2.44. The van der Waals surface area contributed by atoms with Crippen LogP contribution in [0.1, 0.15) is 145 Å². The number of anilines is 1. The normalized spacial score (nSPS) is 17.0. The van der Waals surface area contributed by atoms with Gasteiger partial charge < -0.3 is 66.8 Å². The first-order valence-electron chi connectivity index (χ1n) is 33.3. The number of methoxy groups -OCH3 is 2. The van der Waals surface area contributed by atoms with Gasteiger partial charge >= 0.3 is 18.1 Å². The average Bonchev–Trinajstić information content (AvgIpc) is 1.19. The topological polar surface area (TPSA) is 364 Å². The zero-order chi connectivity index (χ0) is 71.7. The molecular weight excluding hydrogens is 1240 g/mol. The Kier molecular flexibility index (Phi) is 32.4. The standard InChI is InChI=1S/C69H105N11O16/c1-15-43(8)59(52(94-13)38-55(83)79-35-23-27-51(79)60(95-14)45(10)61(84)74-50(67(90)91)37-46-24-18-16-19-25-46)77(11)66(89)57(41(4)5)76-64(87)58(42(6)7)78(12)69(93)96-39-47-29-31-48(32-30-47)72-62(85)49(26-22-33-71-68(70)92)73-63(86)56(40(2)3)75-53(81)28-20-17-21-34-80-54(82)36-44(9)65(80)88/h16,18-19,24-25,29-32,36,40-43,45,49-52,56-60H,15,17,20-23,26-28,33-35,37-39H2,1-14H3,(H,72,85)(H,73,86)(H,74,84)(H,75,81)(H,76,87)(H,90,91)(H3,70,71,92)/t43-,45+,49?,50-,51-,52+,56-,57-,58-,59-,60+/m0/s1. The second-order valence-corrected chi connectivity index (χ2v) is 26.2. The molecule has 1 saturated heterocycles. The van der Waals surface area contributed by atoms with Crippen molar-refractivity contribution in [2.45, 2.75) is 201 Å². The van der Waals surface area contributed by atoms with Crippen LogP contribution in [0.4, 0.5) is 15.3 Å². The third-order valence-corrected chi connectivity index (χ3v) is 17.9. The lowest BCUT2D eigenvalue weighted by Gasteiger charge is -2.41. The highest BCUT2D eigenvalue weighted by atomic mass is 16.6. The molecule has 2 aromatic rings. The summed E-state index contributed by atoms with van der Waals surface area (Å²) in [7, 11) is 5.96. The predicted octanol–water partition coefficient (Wildman–Crippen LogP) is 5.04. The number of carbonyl (C=O) groups excluding carboxylic acids is 11.